The van der Waals surface area contributed by atoms with E-state index in [9.17, 15) is 19.5 Å². The van der Waals surface area contributed by atoms with Crippen LogP contribution in [0, 0.1) is 11.0 Å². The smallest absolute Gasteiger partial charge is 0.274 e. The number of aliphatic hydroxyl groups excluding tert-OH is 1. The summed E-state index contributed by atoms with van der Waals surface area (Å²) in [5.74, 6) is -1.52. The van der Waals surface area contributed by atoms with Gasteiger partial charge in [0, 0.05) is 11.6 Å². The number of halogens is 1. The fourth-order valence-electron chi connectivity index (χ4n) is 2.12. The molecule has 2 aliphatic rings. The number of carbonyl (C=O) groups excluding carboxylic acids is 1. The van der Waals surface area contributed by atoms with E-state index in [-0.39, 0.29) is 11.3 Å². The van der Waals surface area contributed by atoms with Crippen molar-refractivity contribution in [3.05, 3.63) is 40.4 Å². The van der Waals surface area contributed by atoms with Crippen LogP contribution in [0.1, 0.15) is 5.56 Å². The monoisotopic (exact) mass is 249 g/mol. The van der Waals surface area contributed by atoms with E-state index in [2.05, 4.69) is 10.5 Å². The second-order valence-electron chi connectivity index (χ2n) is 4.04. The molecule has 0 radical (unpaired) electrons. The zero-order valence-electron chi connectivity index (χ0n) is 8.98. The van der Waals surface area contributed by atoms with Crippen molar-refractivity contribution in [2.75, 3.05) is 0 Å². The number of hydroxylamine groups is 1. The van der Waals surface area contributed by atoms with E-state index in [1.807, 2.05) is 0 Å². The Morgan fingerprint density at radius 3 is 3.06 bits per heavy atom. The Morgan fingerprint density at radius 1 is 1.50 bits per heavy atom. The maximum atomic E-state index is 13.1. The van der Waals surface area contributed by atoms with Gasteiger partial charge >= 0.3 is 0 Å². The van der Waals surface area contributed by atoms with Crippen molar-refractivity contribution in [1.82, 2.24) is 5.43 Å². The first-order chi connectivity index (χ1) is 8.58. The second kappa shape index (κ2) is 3.62. The molecule has 1 aromatic rings. The number of hydrogen-bond acceptors (Lipinski definition) is 3. The Morgan fingerprint density at radius 2 is 2.28 bits per heavy atom. The molecule has 2 heterocycles. The fraction of sp³-hybridized carbons (Fsp3) is 0.0909. The number of fused-ring (bicyclic) bond motifs is 2. The first-order valence-corrected chi connectivity index (χ1v) is 5.20. The van der Waals surface area contributed by atoms with Gasteiger partial charge in [0.05, 0.1) is 5.57 Å². The van der Waals surface area contributed by atoms with Crippen LogP contribution in [0.4, 0.5) is 10.1 Å². The molecular weight excluding hydrogens is 241 g/mol. The van der Waals surface area contributed by atoms with Crippen LogP contribution in [0.25, 0.3) is 6.08 Å². The van der Waals surface area contributed by atoms with Crippen LogP contribution in [0.5, 0.6) is 0 Å². The molecule has 92 valence electrons. The molecule has 7 heteroatoms. The summed E-state index contributed by atoms with van der Waals surface area (Å²) < 4.78 is 13.1. The Labute approximate surface area is 101 Å². The highest BCUT2D eigenvalue weighted by Gasteiger charge is 2.39. The van der Waals surface area contributed by atoms with E-state index in [4.69, 9.17) is 0 Å². The largest absolute Gasteiger partial charge is 0.628 e. The van der Waals surface area contributed by atoms with Crippen molar-refractivity contribution >= 4 is 23.6 Å². The summed E-state index contributed by atoms with van der Waals surface area (Å²) in [4.78, 5) is 11.6. The van der Waals surface area contributed by atoms with Gasteiger partial charge in [-0.3, -0.25) is 4.79 Å². The van der Waals surface area contributed by atoms with E-state index in [1.54, 1.807) is 0 Å². The lowest BCUT2D eigenvalue weighted by Gasteiger charge is -2.36. The van der Waals surface area contributed by atoms with Gasteiger partial charge in [0.2, 0.25) is 6.04 Å². The molecule has 18 heavy (non-hydrogen) atoms. The number of nitrogens with zero attached hydrogens (tertiary/aromatic N) is 1. The number of nitrogens with one attached hydrogen (secondary N) is 2. The van der Waals surface area contributed by atoms with Gasteiger partial charge in [-0.05, 0) is 18.2 Å². The molecular formula is C11H8FN3O3. The van der Waals surface area contributed by atoms with E-state index < -0.39 is 28.7 Å². The molecule has 3 N–H and O–H groups in total. The van der Waals surface area contributed by atoms with Gasteiger partial charge in [0.25, 0.3) is 11.8 Å². The lowest BCUT2D eigenvalue weighted by Crippen LogP contribution is -3.09. The predicted octanol–water partition coefficient (Wildman–Crippen LogP) is -0.393. The zero-order valence-corrected chi connectivity index (χ0v) is 8.98. The van der Waals surface area contributed by atoms with Crippen molar-refractivity contribution < 1.29 is 19.4 Å². The third-order valence-electron chi connectivity index (χ3n) is 2.96. The molecule has 2 atom stereocenters. The van der Waals surface area contributed by atoms with Crippen molar-refractivity contribution in [3.63, 3.8) is 0 Å². The minimum Gasteiger partial charge on any atom is -0.628 e. The first kappa shape index (κ1) is 10.9. The van der Waals surface area contributed by atoms with E-state index in [0.29, 0.717) is 5.56 Å². The molecule has 2 aliphatic heterocycles. The quantitative estimate of drug-likeness (QED) is 0.547. The van der Waals surface area contributed by atoms with Crippen LogP contribution in [-0.2, 0) is 4.79 Å². The van der Waals surface area contributed by atoms with E-state index in [1.165, 1.54) is 18.2 Å². The summed E-state index contributed by atoms with van der Waals surface area (Å²) in [7, 11) is 0. The molecule has 2 unspecified atom stereocenters. The third-order valence-corrected chi connectivity index (χ3v) is 2.96. The molecule has 0 saturated heterocycles. The molecule has 3 rings (SSSR count). The number of rotatable bonds is 0. The summed E-state index contributed by atoms with van der Waals surface area (Å²) in [6, 6.07) is 2.58. The van der Waals surface area contributed by atoms with Crippen LogP contribution < -0.4 is 10.5 Å². The summed E-state index contributed by atoms with van der Waals surface area (Å²) in [6.07, 6.45) is 1.39. The highest BCUT2D eigenvalue weighted by molar-refractivity contribution is 6.08. The van der Waals surface area contributed by atoms with Gasteiger partial charge in [0.1, 0.15) is 11.5 Å². The number of hydrazone groups is 1. The molecule has 1 amide bonds. The first-order valence-electron chi connectivity index (χ1n) is 5.20. The number of aliphatic hydroxyl groups is 1. The molecule has 0 saturated carbocycles. The van der Waals surface area contributed by atoms with E-state index >= 15 is 0 Å². The van der Waals surface area contributed by atoms with Crippen LogP contribution in [0.15, 0.2) is 28.9 Å². The Bertz CT molecular complexity index is 612. The van der Waals surface area contributed by atoms with Gasteiger partial charge in [-0.15, -0.1) is 5.10 Å². The average Bonchev–Trinajstić information content (AvgIpc) is 2.33. The summed E-state index contributed by atoms with van der Waals surface area (Å²) in [5, 5.41) is 24.6. The van der Waals surface area contributed by atoms with Crippen LogP contribution >= 0.6 is 0 Å². The highest BCUT2D eigenvalue weighted by atomic mass is 19.1. The standard InChI is InChI=1S/C11H8FN3O3/c12-6-1-2-8-5(3-6)4-7-9(15(8)18)11(17)14-13-10(7)16/h1-4,9,15H,(H,13,16)(H,14,17). The number of quaternary nitrogens is 1. The summed E-state index contributed by atoms with van der Waals surface area (Å²) >= 11 is 0. The Kier molecular flexibility index (Phi) is 2.19. The van der Waals surface area contributed by atoms with Crippen LogP contribution in [0.2, 0.25) is 0 Å². The van der Waals surface area contributed by atoms with Gasteiger partial charge in [-0.25, -0.2) is 9.82 Å². The Balaban J connectivity index is 2.21. The average molecular weight is 249 g/mol. The normalized spacial score (nSPS) is 25.6. The molecule has 0 spiro atoms. The second-order valence-corrected chi connectivity index (χ2v) is 4.04. The van der Waals surface area contributed by atoms with Crippen LogP contribution in [-0.4, -0.2) is 23.0 Å². The fourth-order valence-corrected chi connectivity index (χ4v) is 2.12. The SMILES string of the molecule is O=C1NN=C(O)C2C1=Cc1cc(F)ccc1[NH+]2[O-]. The molecule has 0 aliphatic carbocycles. The van der Waals surface area contributed by atoms with Crippen molar-refractivity contribution in [3.8, 4) is 0 Å². The van der Waals surface area contributed by atoms with Crippen molar-refractivity contribution in [1.29, 1.82) is 0 Å². The van der Waals surface area contributed by atoms with Gasteiger partial charge in [-0.2, -0.15) is 0 Å². The maximum Gasteiger partial charge on any atom is 0.274 e. The zero-order chi connectivity index (χ0) is 12.9. The van der Waals surface area contributed by atoms with Gasteiger partial charge < -0.3 is 15.4 Å². The van der Waals surface area contributed by atoms with Gasteiger partial charge in [-0.1, -0.05) is 0 Å². The number of amides is 1. The van der Waals surface area contributed by atoms with Crippen LogP contribution in [0.3, 0.4) is 0 Å². The molecule has 6 nitrogen and oxygen atoms in total. The minimum absolute atomic E-state index is 0.0746. The minimum atomic E-state index is -1.09. The van der Waals surface area contributed by atoms with Crippen molar-refractivity contribution in [2.24, 2.45) is 5.10 Å². The number of hydrogen-bond donors (Lipinski definition) is 3. The molecule has 1 aromatic carbocycles. The summed E-state index contributed by atoms with van der Waals surface area (Å²) in [5.41, 5.74) is 2.75. The maximum absolute atomic E-state index is 13.1. The number of benzene rings is 1. The Hall–Kier alpha value is -2.25. The lowest BCUT2D eigenvalue weighted by molar-refractivity contribution is -0.788. The predicted molar refractivity (Wildman–Crippen MR) is 60.4 cm³/mol. The lowest BCUT2D eigenvalue weighted by atomic mass is 9.95. The third kappa shape index (κ3) is 1.41. The van der Waals surface area contributed by atoms with Gasteiger partial charge in [0.15, 0.2) is 0 Å². The van der Waals surface area contributed by atoms with E-state index in [0.717, 1.165) is 6.07 Å². The molecule has 0 aromatic heterocycles. The highest BCUT2D eigenvalue weighted by Crippen LogP contribution is 2.24. The molecule has 0 bridgehead atoms. The molecule has 0 fully saturated rings. The topological polar surface area (TPSA) is 89.2 Å². The summed E-state index contributed by atoms with van der Waals surface area (Å²) in [6.45, 7) is 0. The number of carbonyl (C=O) groups is 1. The van der Waals surface area contributed by atoms with Crippen molar-refractivity contribution in [2.45, 2.75) is 6.04 Å².